The number of hydrogen-bond donors (Lipinski definition) is 0. The van der Waals surface area contributed by atoms with Gasteiger partial charge in [-0.1, -0.05) is 62.7 Å². The van der Waals surface area contributed by atoms with Crippen molar-refractivity contribution in [1.29, 1.82) is 0 Å². The van der Waals surface area contributed by atoms with Crippen molar-refractivity contribution >= 4 is 31.8 Å². The van der Waals surface area contributed by atoms with Gasteiger partial charge in [0, 0.05) is 5.02 Å². The third kappa shape index (κ3) is 5.40. The van der Waals surface area contributed by atoms with Gasteiger partial charge in [0.05, 0.1) is 37.8 Å². The Hall–Kier alpha value is -2.15. The summed E-state index contributed by atoms with van der Waals surface area (Å²) in [5, 5.41) is 0.636. The van der Waals surface area contributed by atoms with Crippen molar-refractivity contribution in [3.05, 3.63) is 69.7 Å². The fourth-order valence-electron chi connectivity index (χ4n) is 4.30. The zero-order chi connectivity index (χ0) is 25.3. The van der Waals surface area contributed by atoms with Gasteiger partial charge >= 0.3 is 5.97 Å². The molecule has 2 aromatic carbocycles. The lowest BCUT2D eigenvalue weighted by atomic mass is 9.85. The Bertz CT molecular complexity index is 1060. The zero-order valence-electron chi connectivity index (χ0n) is 21.3. The highest BCUT2D eigenvalue weighted by Crippen LogP contribution is 2.39. The number of benzene rings is 2. The fraction of sp³-hybridized carbons (Fsp3) is 0.481. The van der Waals surface area contributed by atoms with Crippen LogP contribution in [0.15, 0.2) is 42.5 Å². The Morgan fingerprint density at radius 1 is 1.12 bits per heavy atom. The Morgan fingerprint density at radius 2 is 1.79 bits per heavy atom. The van der Waals surface area contributed by atoms with Gasteiger partial charge in [0.1, 0.15) is 0 Å². The first-order chi connectivity index (χ1) is 15.9. The monoisotopic (exact) mass is 501 g/mol. The lowest BCUT2D eigenvalue weighted by Gasteiger charge is -2.44. The molecule has 0 bridgehead atoms. The molecular formula is C27H36ClNO4Si. The molecule has 5 nitrogen and oxygen atoms in total. The van der Waals surface area contributed by atoms with Gasteiger partial charge in [-0.15, -0.1) is 0 Å². The summed E-state index contributed by atoms with van der Waals surface area (Å²) in [6.45, 7) is 13.5. The topological polar surface area (TPSA) is 55.8 Å². The Morgan fingerprint density at radius 3 is 2.41 bits per heavy atom. The van der Waals surface area contributed by atoms with E-state index in [4.69, 9.17) is 20.8 Å². The second-order valence-electron chi connectivity index (χ2n) is 10.5. The van der Waals surface area contributed by atoms with Crippen LogP contribution in [0.1, 0.15) is 60.8 Å². The van der Waals surface area contributed by atoms with Crippen LogP contribution >= 0.6 is 11.6 Å². The third-order valence-corrected chi connectivity index (χ3v) is 12.2. The van der Waals surface area contributed by atoms with Crippen LogP contribution in [0.3, 0.4) is 0 Å². The highest BCUT2D eigenvalue weighted by Gasteiger charge is 2.41. The first kappa shape index (κ1) is 26.5. The number of fused-ring (bicyclic) bond motifs is 1. The van der Waals surface area contributed by atoms with E-state index in [1.54, 1.807) is 12.1 Å². The molecule has 0 saturated heterocycles. The lowest BCUT2D eigenvalue weighted by Crippen LogP contribution is -2.52. The van der Waals surface area contributed by atoms with Gasteiger partial charge in [-0.05, 0) is 60.3 Å². The van der Waals surface area contributed by atoms with E-state index in [1.165, 1.54) is 7.11 Å². The van der Waals surface area contributed by atoms with Gasteiger partial charge in [0.2, 0.25) is 5.91 Å². The Balaban J connectivity index is 1.99. The molecule has 0 saturated carbocycles. The summed E-state index contributed by atoms with van der Waals surface area (Å²) in [6, 6.07) is 12.7. The molecule has 3 rings (SSSR count). The van der Waals surface area contributed by atoms with Gasteiger partial charge in [-0.25, -0.2) is 4.79 Å². The summed E-state index contributed by atoms with van der Waals surface area (Å²) in [5.41, 5.74) is 3.27. The number of methoxy groups -OCH3 is 1. The first-order valence-corrected chi connectivity index (χ1v) is 15.0. The van der Waals surface area contributed by atoms with Crippen LogP contribution in [-0.4, -0.2) is 44.9 Å². The van der Waals surface area contributed by atoms with Gasteiger partial charge in [0.25, 0.3) is 0 Å². The summed E-state index contributed by atoms with van der Waals surface area (Å²) < 4.78 is 11.6. The highest BCUT2D eigenvalue weighted by molar-refractivity contribution is 6.74. The van der Waals surface area contributed by atoms with Crippen LogP contribution in [0.5, 0.6) is 0 Å². The molecule has 0 unspecified atom stereocenters. The number of hydrogen-bond acceptors (Lipinski definition) is 4. The van der Waals surface area contributed by atoms with E-state index in [-0.39, 0.29) is 35.4 Å². The number of carbonyl (C=O) groups excluding carboxylic acids is 2. The highest BCUT2D eigenvalue weighted by atomic mass is 35.5. The molecule has 1 amide bonds. The van der Waals surface area contributed by atoms with Gasteiger partial charge in [0.15, 0.2) is 8.32 Å². The van der Waals surface area contributed by atoms with Crippen LogP contribution in [0.4, 0.5) is 0 Å². The second-order valence-corrected chi connectivity index (χ2v) is 15.8. The van der Waals surface area contributed by atoms with Crippen LogP contribution in [-0.2, 0) is 26.8 Å². The average molecular weight is 502 g/mol. The van der Waals surface area contributed by atoms with Crippen molar-refractivity contribution in [2.75, 3.05) is 13.7 Å². The normalized spacial score (nSPS) is 18.4. The van der Waals surface area contributed by atoms with Gasteiger partial charge in [-0.3, -0.25) is 4.79 Å². The van der Waals surface area contributed by atoms with Crippen molar-refractivity contribution in [3.8, 4) is 0 Å². The summed E-state index contributed by atoms with van der Waals surface area (Å²) in [5.74, 6) is -0.359. The molecule has 0 N–H and O–H groups in total. The molecule has 0 radical (unpaired) electrons. The molecule has 1 aliphatic heterocycles. The largest absolute Gasteiger partial charge is 0.465 e. The summed E-state index contributed by atoms with van der Waals surface area (Å²) in [4.78, 5) is 28.1. The Kier molecular flexibility index (Phi) is 7.95. The number of ether oxygens (including phenoxy) is 1. The average Bonchev–Trinajstić information content (AvgIpc) is 2.77. The standard InChI is InChI=1S/C27H36ClNO4Si/c1-18-21-12-10-13-22(26(31)32-5)23(21)16-20(17-33-34(6,7)27(2,3)4)29(18)25(30)15-19-11-8-9-14-24(19)28/h8-14,18,20H,15-17H2,1-7H3/t18-,20+/m0/s1. The molecule has 0 spiro atoms. The molecule has 34 heavy (non-hydrogen) atoms. The van der Waals surface area contributed by atoms with E-state index in [9.17, 15) is 9.59 Å². The Labute approximate surface area is 209 Å². The molecule has 0 aliphatic carbocycles. The molecule has 0 fully saturated rings. The van der Waals surface area contributed by atoms with E-state index >= 15 is 0 Å². The minimum absolute atomic E-state index is 0.00134. The summed E-state index contributed by atoms with van der Waals surface area (Å²) in [7, 11) is -0.649. The summed E-state index contributed by atoms with van der Waals surface area (Å²) >= 11 is 6.36. The van der Waals surface area contributed by atoms with Crippen molar-refractivity contribution < 1.29 is 18.8 Å². The molecule has 184 valence electrons. The number of halogens is 1. The van der Waals surface area contributed by atoms with Gasteiger partial charge < -0.3 is 14.1 Å². The van der Waals surface area contributed by atoms with Crippen molar-refractivity contribution in [2.24, 2.45) is 0 Å². The van der Waals surface area contributed by atoms with E-state index in [2.05, 4.69) is 33.9 Å². The summed E-state index contributed by atoms with van der Waals surface area (Å²) in [6.07, 6.45) is 0.750. The number of rotatable bonds is 6. The van der Waals surface area contributed by atoms with Crippen molar-refractivity contribution in [3.63, 3.8) is 0 Å². The molecule has 1 heterocycles. The van der Waals surface area contributed by atoms with Crippen LogP contribution in [0, 0.1) is 0 Å². The SMILES string of the molecule is COC(=O)c1cccc2c1C[C@H](CO[Si](C)(C)C(C)(C)C)N(C(=O)Cc1ccccc1Cl)[C@H]2C. The number of carbonyl (C=O) groups is 2. The predicted octanol–water partition coefficient (Wildman–Crippen LogP) is 6.21. The smallest absolute Gasteiger partial charge is 0.338 e. The van der Waals surface area contributed by atoms with Crippen LogP contribution in [0.25, 0.3) is 0 Å². The molecule has 2 aromatic rings. The van der Waals surface area contributed by atoms with E-state index in [0.29, 0.717) is 23.6 Å². The minimum atomic E-state index is -2.04. The lowest BCUT2D eigenvalue weighted by molar-refractivity contribution is -0.137. The molecule has 1 aliphatic rings. The van der Waals surface area contributed by atoms with E-state index in [1.807, 2.05) is 42.2 Å². The molecular weight excluding hydrogens is 466 g/mol. The van der Waals surface area contributed by atoms with Crippen molar-refractivity contribution in [1.82, 2.24) is 4.90 Å². The number of amides is 1. The molecule has 7 heteroatoms. The van der Waals surface area contributed by atoms with Gasteiger partial charge in [-0.2, -0.15) is 0 Å². The maximum absolute atomic E-state index is 13.7. The zero-order valence-corrected chi connectivity index (χ0v) is 23.0. The quantitative estimate of drug-likeness (QED) is 0.349. The van der Waals surface area contributed by atoms with E-state index in [0.717, 1.165) is 16.7 Å². The minimum Gasteiger partial charge on any atom is -0.465 e. The number of nitrogens with zero attached hydrogens (tertiary/aromatic N) is 1. The number of esters is 1. The van der Waals surface area contributed by atoms with Crippen LogP contribution in [0.2, 0.25) is 23.2 Å². The molecule has 2 atom stereocenters. The molecule has 0 aromatic heterocycles. The van der Waals surface area contributed by atoms with Crippen molar-refractivity contribution in [2.45, 2.75) is 70.8 Å². The second kappa shape index (κ2) is 10.2. The maximum atomic E-state index is 13.7. The fourth-order valence-corrected chi connectivity index (χ4v) is 5.55. The van der Waals surface area contributed by atoms with E-state index < -0.39 is 8.32 Å². The van der Waals surface area contributed by atoms with Crippen LogP contribution < -0.4 is 0 Å². The predicted molar refractivity (Wildman–Crippen MR) is 139 cm³/mol. The third-order valence-electron chi connectivity index (χ3n) is 7.35. The maximum Gasteiger partial charge on any atom is 0.338 e. The first-order valence-electron chi connectivity index (χ1n) is 11.8.